The van der Waals surface area contributed by atoms with E-state index in [1.165, 1.54) is 0 Å². The zero-order valence-corrected chi connectivity index (χ0v) is 10.6. The Bertz CT molecular complexity index is 319. The molecule has 1 heterocycles. The van der Waals surface area contributed by atoms with Crippen LogP contribution >= 0.6 is 0 Å². The van der Waals surface area contributed by atoms with Crippen molar-refractivity contribution < 1.29 is 4.79 Å². The molecule has 1 aromatic heterocycles. The second-order valence-corrected chi connectivity index (χ2v) is 4.44. The first-order chi connectivity index (χ1) is 7.56. The van der Waals surface area contributed by atoms with E-state index in [9.17, 15) is 4.79 Å². The van der Waals surface area contributed by atoms with Gasteiger partial charge < -0.3 is 9.47 Å². The Morgan fingerprint density at radius 1 is 1.50 bits per heavy atom. The van der Waals surface area contributed by atoms with Gasteiger partial charge in [0.15, 0.2) is 0 Å². The van der Waals surface area contributed by atoms with Crippen molar-refractivity contribution in [1.82, 2.24) is 14.5 Å². The quantitative estimate of drug-likeness (QED) is 0.765. The molecule has 90 valence electrons. The fourth-order valence-corrected chi connectivity index (χ4v) is 1.93. The van der Waals surface area contributed by atoms with E-state index in [0.717, 1.165) is 12.8 Å². The number of aromatic nitrogens is 2. The number of hydrogen-bond acceptors (Lipinski definition) is 2. The number of rotatable bonds is 5. The summed E-state index contributed by atoms with van der Waals surface area (Å²) in [4.78, 5) is 17.5. The number of hydrogen-bond donors (Lipinski definition) is 0. The maximum Gasteiger partial charge on any atom is 0.224 e. The van der Waals surface area contributed by atoms with Crippen LogP contribution in [-0.4, -0.2) is 34.5 Å². The van der Waals surface area contributed by atoms with Crippen molar-refractivity contribution >= 4 is 5.91 Å². The minimum atomic E-state index is 0.0577. The molecule has 0 bridgehead atoms. The number of carbonyl (C=O) groups excluding carboxylic acids is 1. The molecule has 16 heavy (non-hydrogen) atoms. The zero-order valence-electron chi connectivity index (χ0n) is 10.6. The third kappa shape index (κ3) is 3.08. The SMILES string of the molecule is CCC(CC(C)C(=O)N(C)C)n1ccnc1. The van der Waals surface area contributed by atoms with Gasteiger partial charge >= 0.3 is 0 Å². The normalized spacial score (nSPS) is 14.5. The predicted octanol–water partition coefficient (Wildman–Crippen LogP) is 1.95. The van der Waals surface area contributed by atoms with E-state index < -0.39 is 0 Å². The van der Waals surface area contributed by atoms with E-state index in [4.69, 9.17) is 0 Å². The lowest BCUT2D eigenvalue weighted by atomic mass is 9.99. The molecule has 0 saturated heterocycles. The summed E-state index contributed by atoms with van der Waals surface area (Å²) < 4.78 is 2.08. The molecule has 1 rings (SSSR count). The topological polar surface area (TPSA) is 38.1 Å². The Labute approximate surface area is 97.3 Å². The second kappa shape index (κ2) is 5.68. The fourth-order valence-electron chi connectivity index (χ4n) is 1.93. The van der Waals surface area contributed by atoms with E-state index in [1.54, 1.807) is 25.2 Å². The minimum absolute atomic E-state index is 0.0577. The van der Waals surface area contributed by atoms with Crippen LogP contribution in [0.15, 0.2) is 18.7 Å². The first-order valence-corrected chi connectivity index (χ1v) is 5.74. The molecule has 0 spiro atoms. The molecule has 4 heteroatoms. The van der Waals surface area contributed by atoms with E-state index in [-0.39, 0.29) is 11.8 Å². The van der Waals surface area contributed by atoms with Crippen molar-refractivity contribution in [1.29, 1.82) is 0 Å². The summed E-state index contributed by atoms with van der Waals surface area (Å²) in [6, 6.07) is 0.362. The van der Waals surface area contributed by atoms with E-state index >= 15 is 0 Å². The highest BCUT2D eigenvalue weighted by atomic mass is 16.2. The van der Waals surface area contributed by atoms with Crippen molar-refractivity contribution in [3.8, 4) is 0 Å². The largest absolute Gasteiger partial charge is 0.349 e. The lowest BCUT2D eigenvalue weighted by molar-refractivity contribution is -0.132. The lowest BCUT2D eigenvalue weighted by Crippen LogP contribution is -2.29. The highest BCUT2D eigenvalue weighted by molar-refractivity contribution is 5.77. The standard InChI is InChI=1S/C12H21N3O/c1-5-11(15-7-6-13-9-15)8-10(2)12(16)14(3)4/h6-7,9-11H,5,8H2,1-4H3. The van der Waals surface area contributed by atoms with Crippen molar-refractivity contribution in [2.75, 3.05) is 14.1 Å². The van der Waals surface area contributed by atoms with Gasteiger partial charge in [0.1, 0.15) is 0 Å². The summed E-state index contributed by atoms with van der Waals surface area (Å²) in [5.74, 6) is 0.251. The average molecular weight is 223 g/mol. The molecule has 1 aromatic rings. The molecular formula is C12H21N3O. The third-order valence-electron chi connectivity index (χ3n) is 2.91. The predicted molar refractivity (Wildman–Crippen MR) is 64.0 cm³/mol. The summed E-state index contributed by atoms with van der Waals surface area (Å²) in [6.07, 6.45) is 7.44. The zero-order chi connectivity index (χ0) is 12.1. The molecule has 0 radical (unpaired) electrons. The molecule has 1 amide bonds. The smallest absolute Gasteiger partial charge is 0.224 e. The lowest BCUT2D eigenvalue weighted by Gasteiger charge is -2.22. The number of imidazole rings is 1. The summed E-state index contributed by atoms with van der Waals surface area (Å²) in [7, 11) is 3.61. The Kier molecular flexibility index (Phi) is 4.52. The average Bonchev–Trinajstić information content (AvgIpc) is 2.77. The molecule has 0 aliphatic rings. The maximum absolute atomic E-state index is 11.8. The minimum Gasteiger partial charge on any atom is -0.349 e. The Morgan fingerprint density at radius 2 is 2.19 bits per heavy atom. The molecule has 0 aliphatic carbocycles. The molecule has 0 saturated carbocycles. The maximum atomic E-state index is 11.8. The van der Waals surface area contributed by atoms with Crippen LogP contribution in [0.1, 0.15) is 32.7 Å². The molecule has 4 nitrogen and oxygen atoms in total. The fraction of sp³-hybridized carbons (Fsp3) is 0.667. The van der Waals surface area contributed by atoms with Gasteiger partial charge in [-0.15, -0.1) is 0 Å². The summed E-state index contributed by atoms with van der Waals surface area (Å²) in [5, 5.41) is 0. The van der Waals surface area contributed by atoms with Gasteiger partial charge in [0.05, 0.1) is 6.33 Å². The number of carbonyl (C=O) groups is 1. The van der Waals surface area contributed by atoms with E-state index in [2.05, 4.69) is 16.5 Å². The van der Waals surface area contributed by atoms with Crippen LogP contribution in [0.4, 0.5) is 0 Å². The van der Waals surface area contributed by atoms with Crippen molar-refractivity contribution in [3.63, 3.8) is 0 Å². The third-order valence-corrected chi connectivity index (χ3v) is 2.91. The first-order valence-electron chi connectivity index (χ1n) is 5.74. The highest BCUT2D eigenvalue weighted by Gasteiger charge is 2.19. The molecule has 0 fully saturated rings. The molecule has 0 aliphatic heterocycles. The van der Waals surface area contributed by atoms with E-state index in [1.807, 2.05) is 19.4 Å². The Hall–Kier alpha value is -1.32. The van der Waals surface area contributed by atoms with Crippen LogP contribution in [-0.2, 0) is 4.79 Å². The number of amides is 1. The van der Waals surface area contributed by atoms with Crippen LogP contribution in [0.2, 0.25) is 0 Å². The molecular weight excluding hydrogens is 202 g/mol. The van der Waals surface area contributed by atoms with Gasteiger partial charge in [0, 0.05) is 38.4 Å². The Balaban J connectivity index is 2.61. The van der Waals surface area contributed by atoms with Crippen molar-refractivity contribution in [2.24, 2.45) is 5.92 Å². The highest BCUT2D eigenvalue weighted by Crippen LogP contribution is 2.21. The van der Waals surface area contributed by atoms with Gasteiger partial charge in [-0.05, 0) is 12.8 Å². The van der Waals surface area contributed by atoms with Gasteiger partial charge in [0.2, 0.25) is 5.91 Å². The van der Waals surface area contributed by atoms with Crippen LogP contribution in [0, 0.1) is 5.92 Å². The molecule has 0 N–H and O–H groups in total. The van der Waals surface area contributed by atoms with Gasteiger partial charge in [-0.2, -0.15) is 0 Å². The van der Waals surface area contributed by atoms with Gasteiger partial charge in [0.25, 0.3) is 0 Å². The van der Waals surface area contributed by atoms with Crippen LogP contribution < -0.4 is 0 Å². The van der Waals surface area contributed by atoms with Gasteiger partial charge in [-0.3, -0.25) is 4.79 Å². The Morgan fingerprint density at radius 3 is 2.62 bits per heavy atom. The molecule has 2 atom stereocenters. The van der Waals surface area contributed by atoms with Crippen LogP contribution in [0.3, 0.4) is 0 Å². The van der Waals surface area contributed by atoms with Crippen LogP contribution in [0.5, 0.6) is 0 Å². The number of nitrogens with zero attached hydrogens (tertiary/aromatic N) is 3. The molecule has 0 aromatic carbocycles. The second-order valence-electron chi connectivity index (χ2n) is 4.44. The molecule has 2 unspecified atom stereocenters. The first kappa shape index (κ1) is 12.7. The van der Waals surface area contributed by atoms with Gasteiger partial charge in [-0.1, -0.05) is 13.8 Å². The van der Waals surface area contributed by atoms with Crippen molar-refractivity contribution in [3.05, 3.63) is 18.7 Å². The summed E-state index contributed by atoms with van der Waals surface area (Å²) >= 11 is 0. The summed E-state index contributed by atoms with van der Waals surface area (Å²) in [5.41, 5.74) is 0. The monoisotopic (exact) mass is 223 g/mol. The van der Waals surface area contributed by atoms with Crippen LogP contribution in [0.25, 0.3) is 0 Å². The van der Waals surface area contributed by atoms with Gasteiger partial charge in [-0.25, -0.2) is 4.98 Å². The van der Waals surface area contributed by atoms with E-state index in [0.29, 0.717) is 6.04 Å². The van der Waals surface area contributed by atoms with Crippen molar-refractivity contribution in [2.45, 2.75) is 32.7 Å². The summed E-state index contributed by atoms with van der Waals surface area (Å²) in [6.45, 7) is 4.12.